The number of rotatable bonds is 4. The first kappa shape index (κ1) is 13.6. The van der Waals surface area contributed by atoms with Gasteiger partial charge in [-0.3, -0.25) is 9.59 Å². The molecule has 1 aromatic carbocycles. The molecule has 0 saturated heterocycles. The van der Waals surface area contributed by atoms with E-state index in [1.807, 2.05) is 32.0 Å². The van der Waals surface area contributed by atoms with Crippen molar-refractivity contribution in [3.8, 4) is 0 Å². The smallest absolute Gasteiger partial charge is 0.309 e. The number of esters is 1. The summed E-state index contributed by atoms with van der Waals surface area (Å²) < 4.78 is 5.13. The largest absolute Gasteiger partial charge is 0.452 e. The summed E-state index contributed by atoms with van der Waals surface area (Å²) in [6, 6.07) is 5.84. The Balaban J connectivity index is 1.95. The molecule has 102 valence electrons. The number of benzene rings is 1. The minimum absolute atomic E-state index is 0.0101. The second-order valence-electron chi connectivity index (χ2n) is 5.16. The van der Waals surface area contributed by atoms with Gasteiger partial charge < -0.3 is 10.1 Å². The van der Waals surface area contributed by atoms with E-state index >= 15 is 0 Å². The third-order valence-electron chi connectivity index (χ3n) is 3.22. The minimum atomic E-state index is -0.756. The van der Waals surface area contributed by atoms with Crippen LogP contribution < -0.4 is 5.32 Å². The first-order valence-corrected chi connectivity index (χ1v) is 6.56. The maximum absolute atomic E-state index is 12.0. The number of aryl methyl sites for hydroxylation is 2. The fourth-order valence-corrected chi connectivity index (χ4v) is 1.75. The lowest BCUT2D eigenvalue weighted by molar-refractivity contribution is -0.154. The van der Waals surface area contributed by atoms with Crippen LogP contribution in [0.2, 0.25) is 0 Å². The number of hydrogen-bond donors (Lipinski definition) is 1. The normalized spacial score (nSPS) is 15.7. The highest BCUT2D eigenvalue weighted by molar-refractivity contribution is 5.95. The Morgan fingerprint density at radius 2 is 2.00 bits per heavy atom. The van der Waals surface area contributed by atoms with Gasteiger partial charge in [-0.15, -0.1) is 0 Å². The van der Waals surface area contributed by atoms with Gasteiger partial charge in [0.15, 0.2) is 6.10 Å². The van der Waals surface area contributed by atoms with Gasteiger partial charge in [0.1, 0.15) is 0 Å². The second kappa shape index (κ2) is 5.43. The summed E-state index contributed by atoms with van der Waals surface area (Å²) >= 11 is 0. The Hall–Kier alpha value is -1.84. The van der Waals surface area contributed by atoms with Crippen molar-refractivity contribution >= 4 is 17.6 Å². The van der Waals surface area contributed by atoms with Crippen molar-refractivity contribution in [1.82, 2.24) is 0 Å². The van der Waals surface area contributed by atoms with Crippen LogP contribution in [0.25, 0.3) is 0 Å². The molecule has 0 spiro atoms. The maximum atomic E-state index is 12.0. The molecule has 1 amide bonds. The zero-order chi connectivity index (χ0) is 14.0. The van der Waals surface area contributed by atoms with Gasteiger partial charge in [-0.2, -0.15) is 0 Å². The molecular formula is C15H19NO3. The predicted molar refractivity (Wildman–Crippen MR) is 72.8 cm³/mol. The standard InChI is InChI=1S/C15H19NO3/c1-9-4-5-10(2)13(8-9)16-14(17)11(3)19-15(18)12-6-7-12/h4-5,8,11-12H,6-7H2,1-3H3,(H,16,17). The van der Waals surface area contributed by atoms with Crippen LogP contribution in [0.1, 0.15) is 30.9 Å². The lowest BCUT2D eigenvalue weighted by Crippen LogP contribution is -2.30. The molecule has 0 aliphatic heterocycles. The van der Waals surface area contributed by atoms with Crippen LogP contribution in [0.4, 0.5) is 5.69 Å². The van der Waals surface area contributed by atoms with E-state index < -0.39 is 6.10 Å². The third kappa shape index (κ3) is 3.56. The summed E-state index contributed by atoms with van der Waals surface area (Å²) in [5, 5.41) is 2.80. The van der Waals surface area contributed by atoms with E-state index in [0.717, 1.165) is 29.7 Å². The van der Waals surface area contributed by atoms with Crippen LogP contribution in [0.15, 0.2) is 18.2 Å². The number of nitrogens with one attached hydrogen (secondary N) is 1. The summed E-state index contributed by atoms with van der Waals surface area (Å²) in [5.74, 6) is -0.540. The fraction of sp³-hybridized carbons (Fsp3) is 0.467. The molecule has 2 rings (SSSR count). The molecule has 1 atom stereocenters. The molecule has 1 saturated carbocycles. The molecule has 19 heavy (non-hydrogen) atoms. The van der Waals surface area contributed by atoms with E-state index in [9.17, 15) is 9.59 Å². The van der Waals surface area contributed by atoms with Crippen LogP contribution in [-0.4, -0.2) is 18.0 Å². The van der Waals surface area contributed by atoms with Crippen molar-refractivity contribution < 1.29 is 14.3 Å². The number of anilines is 1. The lowest BCUT2D eigenvalue weighted by Gasteiger charge is -2.15. The first-order valence-electron chi connectivity index (χ1n) is 6.56. The minimum Gasteiger partial charge on any atom is -0.452 e. The molecule has 1 aliphatic rings. The number of amides is 1. The van der Waals surface area contributed by atoms with Crippen molar-refractivity contribution in [3.05, 3.63) is 29.3 Å². The molecule has 1 unspecified atom stereocenters. The van der Waals surface area contributed by atoms with Crippen molar-refractivity contribution in [2.45, 2.75) is 39.7 Å². The van der Waals surface area contributed by atoms with Crippen molar-refractivity contribution in [2.24, 2.45) is 5.92 Å². The molecule has 4 heteroatoms. The van der Waals surface area contributed by atoms with E-state index in [0.29, 0.717) is 0 Å². The van der Waals surface area contributed by atoms with Crippen LogP contribution in [0.5, 0.6) is 0 Å². The first-order chi connectivity index (χ1) is 8.97. The average molecular weight is 261 g/mol. The quantitative estimate of drug-likeness (QED) is 0.847. The average Bonchev–Trinajstić information content (AvgIpc) is 3.17. The Labute approximate surface area is 113 Å². The summed E-state index contributed by atoms with van der Waals surface area (Å²) in [6.07, 6.45) is 1.00. The molecule has 0 bridgehead atoms. The van der Waals surface area contributed by atoms with Gasteiger partial charge in [0.25, 0.3) is 5.91 Å². The van der Waals surface area contributed by atoms with Gasteiger partial charge >= 0.3 is 5.97 Å². The highest BCUT2D eigenvalue weighted by Gasteiger charge is 2.33. The van der Waals surface area contributed by atoms with Gasteiger partial charge in [0, 0.05) is 5.69 Å². The predicted octanol–water partition coefficient (Wildman–Crippen LogP) is 2.58. The monoisotopic (exact) mass is 261 g/mol. The summed E-state index contributed by atoms with van der Waals surface area (Å²) in [5.41, 5.74) is 2.82. The van der Waals surface area contributed by atoms with Crippen LogP contribution >= 0.6 is 0 Å². The topological polar surface area (TPSA) is 55.4 Å². The van der Waals surface area contributed by atoms with Crippen molar-refractivity contribution in [3.63, 3.8) is 0 Å². The maximum Gasteiger partial charge on any atom is 0.309 e. The fourth-order valence-electron chi connectivity index (χ4n) is 1.75. The molecule has 0 heterocycles. The van der Waals surface area contributed by atoms with E-state index in [4.69, 9.17) is 4.74 Å². The Morgan fingerprint density at radius 3 is 2.63 bits per heavy atom. The number of carbonyl (C=O) groups excluding carboxylic acids is 2. The lowest BCUT2D eigenvalue weighted by atomic mass is 10.1. The van der Waals surface area contributed by atoms with Gasteiger partial charge in [-0.25, -0.2) is 0 Å². The Morgan fingerprint density at radius 1 is 1.32 bits per heavy atom. The Kier molecular flexibility index (Phi) is 3.88. The molecule has 0 radical (unpaired) electrons. The SMILES string of the molecule is Cc1ccc(C)c(NC(=O)C(C)OC(=O)C2CC2)c1. The van der Waals surface area contributed by atoms with Crippen molar-refractivity contribution in [2.75, 3.05) is 5.32 Å². The second-order valence-corrected chi connectivity index (χ2v) is 5.16. The third-order valence-corrected chi connectivity index (χ3v) is 3.22. The van der Waals surface area contributed by atoms with E-state index in [-0.39, 0.29) is 17.8 Å². The van der Waals surface area contributed by atoms with E-state index in [2.05, 4.69) is 5.32 Å². The molecule has 1 aliphatic carbocycles. The molecular weight excluding hydrogens is 242 g/mol. The number of hydrogen-bond acceptors (Lipinski definition) is 3. The van der Waals surface area contributed by atoms with Crippen LogP contribution in [-0.2, 0) is 14.3 Å². The van der Waals surface area contributed by atoms with Gasteiger partial charge in [0.05, 0.1) is 5.92 Å². The molecule has 1 N–H and O–H groups in total. The highest BCUT2D eigenvalue weighted by atomic mass is 16.5. The zero-order valence-electron chi connectivity index (χ0n) is 11.5. The van der Waals surface area contributed by atoms with E-state index in [1.165, 1.54) is 0 Å². The van der Waals surface area contributed by atoms with E-state index in [1.54, 1.807) is 6.92 Å². The molecule has 0 aromatic heterocycles. The van der Waals surface area contributed by atoms with Crippen LogP contribution in [0.3, 0.4) is 0 Å². The molecule has 4 nitrogen and oxygen atoms in total. The highest BCUT2D eigenvalue weighted by Crippen LogP contribution is 2.30. The molecule has 1 fully saturated rings. The number of carbonyl (C=O) groups is 2. The van der Waals surface area contributed by atoms with Gasteiger partial charge in [-0.05, 0) is 50.8 Å². The summed E-state index contributed by atoms with van der Waals surface area (Å²) in [6.45, 7) is 5.49. The zero-order valence-corrected chi connectivity index (χ0v) is 11.5. The van der Waals surface area contributed by atoms with Gasteiger partial charge in [0.2, 0.25) is 0 Å². The Bertz CT molecular complexity index is 506. The van der Waals surface area contributed by atoms with Crippen molar-refractivity contribution in [1.29, 1.82) is 0 Å². The summed E-state index contributed by atoms with van der Waals surface area (Å²) in [4.78, 5) is 23.5. The summed E-state index contributed by atoms with van der Waals surface area (Å²) in [7, 11) is 0. The van der Waals surface area contributed by atoms with Gasteiger partial charge in [-0.1, -0.05) is 12.1 Å². The number of ether oxygens (including phenoxy) is 1. The van der Waals surface area contributed by atoms with Crippen LogP contribution in [0, 0.1) is 19.8 Å². The molecule has 1 aromatic rings.